The molecule has 0 aliphatic carbocycles. The Labute approximate surface area is 210 Å². The molecule has 2 aliphatic rings. The molecule has 3 unspecified atom stereocenters. The van der Waals surface area contributed by atoms with Gasteiger partial charge in [0.1, 0.15) is 12.1 Å². The molecule has 2 aromatic rings. The van der Waals surface area contributed by atoms with Crippen LogP contribution in [0.4, 0.5) is 0 Å². The smallest absolute Gasteiger partial charge is 0.323 e. The Morgan fingerprint density at radius 2 is 1.86 bits per heavy atom. The molecule has 0 radical (unpaired) electrons. The standard InChI is InChI=1S/C25H30N4O6S/c1-16(2)14-19(26-24(31)18-9-7-17(3)8-10-18)25(32)27-13-11-20-23(27)21(30)15-29(20)36(34,35)22-6-4-5-12-28(22)33/h4-10,12,16,19-20,23H,11,13-15H2,1-3H3,(H,26,31). The van der Waals surface area contributed by atoms with Crippen molar-refractivity contribution in [1.29, 1.82) is 0 Å². The van der Waals surface area contributed by atoms with Crippen LogP contribution in [-0.2, 0) is 19.6 Å². The van der Waals surface area contributed by atoms with Gasteiger partial charge in [-0.05, 0) is 43.9 Å². The second kappa shape index (κ2) is 9.98. The molecule has 0 saturated carbocycles. The van der Waals surface area contributed by atoms with E-state index in [-0.39, 0.29) is 23.6 Å². The summed E-state index contributed by atoms with van der Waals surface area (Å²) in [5.74, 6) is -1.13. The fraction of sp³-hybridized carbons (Fsp3) is 0.440. The van der Waals surface area contributed by atoms with E-state index in [2.05, 4.69) is 5.32 Å². The zero-order valence-corrected chi connectivity index (χ0v) is 21.3. The van der Waals surface area contributed by atoms with Gasteiger partial charge in [-0.3, -0.25) is 14.4 Å². The van der Waals surface area contributed by atoms with Gasteiger partial charge in [0.25, 0.3) is 5.91 Å². The number of likely N-dealkylation sites (tertiary alicyclic amines) is 1. The van der Waals surface area contributed by atoms with Crippen molar-refractivity contribution in [2.45, 2.75) is 56.8 Å². The Bertz CT molecular complexity index is 1280. The molecule has 1 aromatic heterocycles. The van der Waals surface area contributed by atoms with E-state index in [1.807, 2.05) is 32.9 Å². The summed E-state index contributed by atoms with van der Waals surface area (Å²) in [5.41, 5.74) is 1.42. The number of Topliss-reactive ketones (excluding diaryl/α,β-unsaturated/α-hetero) is 1. The zero-order chi connectivity index (χ0) is 26.2. The lowest BCUT2D eigenvalue weighted by Crippen LogP contribution is -2.53. The summed E-state index contributed by atoms with van der Waals surface area (Å²) in [6.45, 7) is 5.53. The average molecular weight is 515 g/mol. The number of nitrogens with one attached hydrogen (secondary N) is 1. The molecule has 1 N–H and O–H groups in total. The van der Waals surface area contributed by atoms with E-state index in [4.69, 9.17) is 0 Å². The molecule has 3 heterocycles. The minimum absolute atomic E-state index is 0.0809. The molecule has 2 saturated heterocycles. The Morgan fingerprint density at radius 3 is 2.50 bits per heavy atom. The van der Waals surface area contributed by atoms with E-state index in [0.717, 1.165) is 16.1 Å². The number of rotatable bonds is 7. The summed E-state index contributed by atoms with van der Waals surface area (Å²) in [6.07, 6.45) is 1.70. The van der Waals surface area contributed by atoms with Gasteiger partial charge in [-0.2, -0.15) is 9.04 Å². The number of carbonyl (C=O) groups excluding carboxylic acids is 3. The fourth-order valence-electron chi connectivity index (χ4n) is 4.91. The molecule has 0 bridgehead atoms. The Hall–Kier alpha value is -3.31. The maximum absolute atomic E-state index is 13.6. The molecule has 11 heteroatoms. The number of amides is 2. The summed E-state index contributed by atoms with van der Waals surface area (Å²) in [5, 5.41) is 14.5. The number of nitrogens with zero attached hydrogens (tertiary/aromatic N) is 3. The van der Waals surface area contributed by atoms with Gasteiger partial charge in [0.05, 0.1) is 12.6 Å². The number of ketones is 1. The number of fused-ring (bicyclic) bond motifs is 1. The van der Waals surface area contributed by atoms with E-state index < -0.39 is 57.3 Å². The first-order chi connectivity index (χ1) is 17.0. The van der Waals surface area contributed by atoms with Crippen molar-refractivity contribution in [3.8, 4) is 0 Å². The minimum atomic E-state index is -4.25. The number of aromatic nitrogens is 1. The molecule has 0 spiro atoms. The second-order valence-corrected chi connectivity index (χ2v) is 11.6. The first kappa shape index (κ1) is 25.8. The van der Waals surface area contributed by atoms with Crippen molar-refractivity contribution in [1.82, 2.24) is 14.5 Å². The highest BCUT2D eigenvalue weighted by Gasteiger charge is 2.55. The highest BCUT2D eigenvalue weighted by molar-refractivity contribution is 7.89. The Morgan fingerprint density at radius 1 is 1.17 bits per heavy atom. The average Bonchev–Trinajstić information content (AvgIpc) is 3.40. The summed E-state index contributed by atoms with van der Waals surface area (Å²) >= 11 is 0. The molecule has 3 atom stereocenters. The van der Waals surface area contributed by atoms with Crippen molar-refractivity contribution in [2.24, 2.45) is 5.92 Å². The highest BCUT2D eigenvalue weighted by Crippen LogP contribution is 2.34. The number of carbonyl (C=O) groups is 3. The van der Waals surface area contributed by atoms with Crippen molar-refractivity contribution >= 4 is 27.6 Å². The minimum Gasteiger partial charge on any atom is -0.618 e. The summed E-state index contributed by atoms with van der Waals surface area (Å²) < 4.78 is 27.7. The van der Waals surface area contributed by atoms with Crippen LogP contribution in [-0.4, -0.2) is 66.4 Å². The number of benzene rings is 1. The van der Waals surface area contributed by atoms with Gasteiger partial charge < -0.3 is 15.4 Å². The van der Waals surface area contributed by atoms with Crippen molar-refractivity contribution in [3.05, 3.63) is 65.0 Å². The van der Waals surface area contributed by atoms with Crippen LogP contribution in [0, 0.1) is 18.0 Å². The van der Waals surface area contributed by atoms with Crippen LogP contribution in [0.1, 0.15) is 42.6 Å². The van der Waals surface area contributed by atoms with Crippen molar-refractivity contribution < 1.29 is 27.5 Å². The predicted molar refractivity (Wildman–Crippen MR) is 130 cm³/mol. The van der Waals surface area contributed by atoms with Crippen molar-refractivity contribution in [3.63, 3.8) is 0 Å². The molecule has 1 aromatic carbocycles. The van der Waals surface area contributed by atoms with Gasteiger partial charge in [0, 0.05) is 24.2 Å². The number of sulfonamides is 1. The van der Waals surface area contributed by atoms with Crippen LogP contribution in [0.5, 0.6) is 0 Å². The van der Waals surface area contributed by atoms with Gasteiger partial charge in [-0.25, -0.2) is 8.42 Å². The van der Waals surface area contributed by atoms with Crippen LogP contribution < -0.4 is 10.0 Å². The maximum Gasteiger partial charge on any atom is 0.323 e. The SMILES string of the molecule is Cc1ccc(C(=O)NC(CC(C)C)C(=O)N2CCC3C2C(=O)CN3S(=O)(=O)c2cccc[n+]2[O-])cc1. The molecule has 10 nitrogen and oxygen atoms in total. The number of pyridine rings is 1. The van der Waals surface area contributed by atoms with Crippen LogP contribution in [0.25, 0.3) is 0 Å². The lowest BCUT2D eigenvalue weighted by molar-refractivity contribution is -0.646. The lowest BCUT2D eigenvalue weighted by atomic mass is 10.0. The number of aryl methyl sites for hydroxylation is 1. The lowest BCUT2D eigenvalue weighted by Gasteiger charge is -2.29. The van der Waals surface area contributed by atoms with Crippen LogP contribution in [0.15, 0.2) is 53.7 Å². The third-order valence-corrected chi connectivity index (χ3v) is 8.51. The highest BCUT2D eigenvalue weighted by atomic mass is 32.2. The predicted octanol–water partition coefficient (Wildman–Crippen LogP) is 1.02. The Balaban J connectivity index is 1.56. The molecule has 2 aliphatic heterocycles. The van der Waals surface area contributed by atoms with Crippen molar-refractivity contribution in [2.75, 3.05) is 13.1 Å². The Kier molecular flexibility index (Phi) is 7.14. The molecular weight excluding hydrogens is 484 g/mol. The van der Waals surface area contributed by atoms with Crippen LogP contribution in [0.2, 0.25) is 0 Å². The summed E-state index contributed by atoms with van der Waals surface area (Å²) in [7, 11) is -4.25. The van der Waals surface area contributed by atoms with E-state index in [1.165, 1.54) is 23.1 Å². The molecule has 192 valence electrons. The quantitative estimate of drug-likeness (QED) is 0.434. The summed E-state index contributed by atoms with van der Waals surface area (Å²) in [6, 6.07) is 8.44. The van der Waals surface area contributed by atoms with E-state index >= 15 is 0 Å². The topological polar surface area (TPSA) is 131 Å². The zero-order valence-electron chi connectivity index (χ0n) is 20.5. The van der Waals surface area contributed by atoms with Gasteiger partial charge >= 0.3 is 15.0 Å². The summed E-state index contributed by atoms with van der Waals surface area (Å²) in [4.78, 5) is 40.9. The number of hydrogen-bond donors (Lipinski definition) is 1. The van der Waals surface area contributed by atoms with E-state index in [1.54, 1.807) is 12.1 Å². The van der Waals surface area contributed by atoms with E-state index in [9.17, 15) is 28.0 Å². The maximum atomic E-state index is 13.6. The first-order valence-corrected chi connectivity index (χ1v) is 13.4. The third-order valence-electron chi connectivity index (χ3n) is 6.65. The van der Waals surface area contributed by atoms with Gasteiger partial charge in [-0.15, -0.1) is 0 Å². The number of hydrogen-bond acceptors (Lipinski definition) is 6. The molecular formula is C25H30N4O6S. The monoisotopic (exact) mass is 514 g/mol. The molecule has 36 heavy (non-hydrogen) atoms. The molecule has 2 amide bonds. The molecule has 2 fully saturated rings. The first-order valence-electron chi connectivity index (χ1n) is 11.9. The van der Waals surface area contributed by atoms with Crippen LogP contribution >= 0.6 is 0 Å². The van der Waals surface area contributed by atoms with E-state index in [0.29, 0.717) is 12.0 Å². The van der Waals surface area contributed by atoms with Gasteiger partial charge in [-0.1, -0.05) is 31.5 Å². The molecule has 4 rings (SSSR count). The fourth-order valence-corrected chi connectivity index (χ4v) is 6.57. The van der Waals surface area contributed by atoms with Crippen LogP contribution in [0.3, 0.4) is 0 Å². The largest absolute Gasteiger partial charge is 0.618 e. The van der Waals surface area contributed by atoms with Gasteiger partial charge in [0.2, 0.25) is 5.91 Å². The third kappa shape index (κ3) is 4.85. The normalized spacial score (nSPS) is 21.0. The van der Waals surface area contributed by atoms with Gasteiger partial charge in [0.15, 0.2) is 12.0 Å². The second-order valence-electron chi connectivity index (χ2n) is 9.74.